The quantitative estimate of drug-likeness (QED) is 0.876. The zero-order valence-electron chi connectivity index (χ0n) is 11.1. The van der Waals surface area contributed by atoms with Crippen molar-refractivity contribution in [2.24, 2.45) is 0 Å². The predicted octanol–water partition coefficient (Wildman–Crippen LogP) is 2.59. The largest absolute Gasteiger partial charge is 0.478 e. The summed E-state index contributed by atoms with van der Waals surface area (Å²) in [6.07, 6.45) is -1.93. The molecule has 0 aromatic carbocycles. The zero-order valence-corrected chi connectivity index (χ0v) is 11.1. The summed E-state index contributed by atoms with van der Waals surface area (Å²) in [5, 5.41) is 11.0. The summed E-state index contributed by atoms with van der Waals surface area (Å²) < 4.78 is 37.2. The van der Waals surface area contributed by atoms with Gasteiger partial charge in [-0.25, -0.2) is 9.59 Å². The van der Waals surface area contributed by atoms with Gasteiger partial charge in [0.1, 0.15) is 6.54 Å². The molecule has 0 radical (unpaired) electrons. The summed E-state index contributed by atoms with van der Waals surface area (Å²) in [4.78, 5) is 26.8. The van der Waals surface area contributed by atoms with E-state index in [1.54, 1.807) is 6.92 Å². The number of hydrogen-bond acceptors (Lipinski definition) is 3. The van der Waals surface area contributed by atoms with Crippen LogP contribution in [-0.2, 0) is 0 Å². The lowest BCUT2D eigenvalue weighted by atomic mass is 10.2. The van der Waals surface area contributed by atoms with E-state index in [0.717, 1.165) is 18.5 Å². The van der Waals surface area contributed by atoms with Crippen LogP contribution in [0.3, 0.4) is 0 Å². The number of amides is 2. The number of nitrogens with zero attached hydrogens (tertiary/aromatic N) is 2. The van der Waals surface area contributed by atoms with Crippen molar-refractivity contribution in [1.82, 2.24) is 9.88 Å². The minimum Gasteiger partial charge on any atom is -0.478 e. The second-order valence-electron chi connectivity index (χ2n) is 4.23. The van der Waals surface area contributed by atoms with E-state index in [0.29, 0.717) is 11.3 Å². The van der Waals surface area contributed by atoms with Crippen molar-refractivity contribution in [3.05, 3.63) is 24.0 Å². The molecule has 1 rings (SSSR count). The summed E-state index contributed by atoms with van der Waals surface area (Å²) in [5.41, 5.74) is -0.158. The van der Waals surface area contributed by atoms with E-state index in [1.165, 1.54) is 0 Å². The highest BCUT2D eigenvalue weighted by atomic mass is 19.4. The minimum atomic E-state index is -4.51. The Bertz CT molecular complexity index is 520. The smallest absolute Gasteiger partial charge is 0.406 e. The second kappa shape index (κ2) is 6.91. The van der Waals surface area contributed by atoms with E-state index in [-0.39, 0.29) is 17.8 Å². The Morgan fingerprint density at radius 3 is 2.57 bits per heavy atom. The number of carbonyl (C=O) groups excluding carboxylic acids is 1. The molecule has 0 aliphatic heterocycles. The number of halogens is 3. The van der Waals surface area contributed by atoms with Crippen molar-refractivity contribution >= 4 is 17.7 Å². The molecule has 0 unspecified atom stereocenters. The first-order valence-corrected chi connectivity index (χ1v) is 6.04. The summed E-state index contributed by atoms with van der Waals surface area (Å²) in [6.45, 7) is 0.194. The van der Waals surface area contributed by atoms with Crippen LogP contribution in [0.5, 0.6) is 0 Å². The van der Waals surface area contributed by atoms with Crippen molar-refractivity contribution in [1.29, 1.82) is 0 Å². The normalized spacial score (nSPS) is 11.0. The highest BCUT2D eigenvalue weighted by molar-refractivity contribution is 5.92. The molecule has 0 aliphatic rings. The van der Waals surface area contributed by atoms with Gasteiger partial charge in [-0.15, -0.1) is 0 Å². The molecular formula is C12H14F3N3O3. The number of nitrogens with one attached hydrogen (secondary N) is 1. The molecule has 0 aliphatic carbocycles. The van der Waals surface area contributed by atoms with Crippen LogP contribution >= 0.6 is 0 Å². The molecule has 2 N–H and O–H groups in total. The lowest BCUT2D eigenvalue weighted by Crippen LogP contribution is -2.41. The number of carboxylic acid groups (broad SMARTS) is 1. The van der Waals surface area contributed by atoms with Gasteiger partial charge in [0.2, 0.25) is 0 Å². The molecule has 6 nitrogen and oxygen atoms in total. The number of carboxylic acids is 1. The highest BCUT2D eigenvalue weighted by Crippen LogP contribution is 2.18. The average Bonchev–Trinajstić information content (AvgIpc) is 2.37. The van der Waals surface area contributed by atoms with Gasteiger partial charge in [0.05, 0.1) is 17.4 Å². The Labute approximate surface area is 118 Å². The second-order valence-corrected chi connectivity index (χ2v) is 4.23. The van der Waals surface area contributed by atoms with Gasteiger partial charge in [-0.2, -0.15) is 13.2 Å². The van der Waals surface area contributed by atoms with Gasteiger partial charge < -0.3 is 15.3 Å². The van der Waals surface area contributed by atoms with Gasteiger partial charge in [-0.05, 0) is 12.5 Å². The van der Waals surface area contributed by atoms with Crippen molar-refractivity contribution < 1.29 is 27.9 Å². The lowest BCUT2D eigenvalue weighted by Gasteiger charge is -2.23. The Balaban J connectivity index is 2.81. The van der Waals surface area contributed by atoms with Gasteiger partial charge in [0.25, 0.3) is 0 Å². The summed E-state index contributed by atoms with van der Waals surface area (Å²) in [5.74, 6) is -1.25. The van der Waals surface area contributed by atoms with Gasteiger partial charge in [0.15, 0.2) is 0 Å². The Hall–Kier alpha value is -2.32. The number of aromatic nitrogens is 1. The SMILES string of the molecule is CCCN(CC(F)(F)F)C(=O)Nc1cncc(C(=O)O)c1. The zero-order chi connectivity index (χ0) is 16.0. The van der Waals surface area contributed by atoms with Crippen molar-refractivity contribution in [3.63, 3.8) is 0 Å². The number of alkyl halides is 3. The first-order chi connectivity index (χ1) is 9.73. The van der Waals surface area contributed by atoms with E-state index in [4.69, 9.17) is 5.11 Å². The Morgan fingerprint density at radius 1 is 1.38 bits per heavy atom. The maximum absolute atomic E-state index is 12.4. The van der Waals surface area contributed by atoms with Crippen molar-refractivity contribution in [3.8, 4) is 0 Å². The van der Waals surface area contributed by atoms with Crippen LogP contribution in [0.15, 0.2) is 18.5 Å². The van der Waals surface area contributed by atoms with Crippen LogP contribution in [0.2, 0.25) is 0 Å². The number of aromatic carboxylic acids is 1. The molecule has 0 atom stereocenters. The monoisotopic (exact) mass is 305 g/mol. The molecule has 21 heavy (non-hydrogen) atoms. The molecule has 0 bridgehead atoms. The van der Waals surface area contributed by atoms with Crippen LogP contribution in [-0.4, -0.2) is 46.3 Å². The molecule has 116 valence electrons. The number of hydrogen-bond donors (Lipinski definition) is 2. The predicted molar refractivity (Wildman–Crippen MR) is 68.1 cm³/mol. The third-order valence-corrected chi connectivity index (χ3v) is 2.39. The van der Waals surface area contributed by atoms with Crippen LogP contribution < -0.4 is 5.32 Å². The topological polar surface area (TPSA) is 82.5 Å². The number of carbonyl (C=O) groups is 2. The van der Waals surface area contributed by atoms with Crippen molar-refractivity contribution in [2.45, 2.75) is 19.5 Å². The van der Waals surface area contributed by atoms with Gasteiger partial charge in [0, 0.05) is 12.7 Å². The van der Waals surface area contributed by atoms with Crippen molar-refractivity contribution in [2.75, 3.05) is 18.4 Å². The third-order valence-electron chi connectivity index (χ3n) is 2.39. The molecule has 1 heterocycles. The maximum atomic E-state index is 12.4. The number of pyridine rings is 1. The molecule has 0 saturated carbocycles. The summed E-state index contributed by atoms with van der Waals surface area (Å²) in [7, 11) is 0. The molecular weight excluding hydrogens is 291 g/mol. The average molecular weight is 305 g/mol. The minimum absolute atomic E-state index is 0.0168. The van der Waals surface area contributed by atoms with E-state index >= 15 is 0 Å². The third kappa shape index (κ3) is 5.67. The van der Waals surface area contributed by atoms with E-state index in [1.807, 2.05) is 0 Å². The maximum Gasteiger partial charge on any atom is 0.406 e. The molecule has 0 saturated heterocycles. The highest BCUT2D eigenvalue weighted by Gasteiger charge is 2.32. The Kier molecular flexibility index (Phi) is 5.51. The van der Waals surface area contributed by atoms with Gasteiger partial charge in [-0.3, -0.25) is 4.98 Å². The van der Waals surface area contributed by atoms with E-state index < -0.39 is 24.7 Å². The number of anilines is 1. The number of rotatable bonds is 5. The van der Waals surface area contributed by atoms with Crippen LogP contribution in [0.25, 0.3) is 0 Å². The van der Waals surface area contributed by atoms with Crippen LogP contribution in [0.4, 0.5) is 23.7 Å². The molecule has 0 spiro atoms. The van der Waals surface area contributed by atoms with Gasteiger partial charge >= 0.3 is 18.2 Å². The fourth-order valence-corrected chi connectivity index (χ4v) is 1.57. The van der Waals surface area contributed by atoms with E-state index in [2.05, 4.69) is 10.3 Å². The Morgan fingerprint density at radius 2 is 2.05 bits per heavy atom. The standard InChI is InChI=1S/C12H14F3N3O3/c1-2-3-18(7-12(13,14)15)11(21)17-9-4-8(10(19)20)5-16-6-9/h4-6H,2-3,7H2,1H3,(H,17,21)(H,19,20). The fourth-order valence-electron chi connectivity index (χ4n) is 1.57. The molecule has 2 amide bonds. The van der Waals surface area contributed by atoms with Crippen LogP contribution in [0, 0.1) is 0 Å². The molecule has 0 fully saturated rings. The fraction of sp³-hybridized carbons (Fsp3) is 0.417. The first kappa shape index (κ1) is 16.7. The summed E-state index contributed by atoms with van der Waals surface area (Å²) in [6, 6.07) is 0.156. The van der Waals surface area contributed by atoms with Gasteiger partial charge in [-0.1, -0.05) is 6.92 Å². The first-order valence-electron chi connectivity index (χ1n) is 6.04. The molecule has 1 aromatic rings. The molecule has 1 aromatic heterocycles. The summed E-state index contributed by atoms with van der Waals surface area (Å²) >= 11 is 0. The number of urea groups is 1. The van der Waals surface area contributed by atoms with E-state index in [9.17, 15) is 22.8 Å². The lowest BCUT2D eigenvalue weighted by molar-refractivity contribution is -0.139. The van der Waals surface area contributed by atoms with Crippen LogP contribution in [0.1, 0.15) is 23.7 Å². The molecule has 9 heteroatoms.